The molecule has 18 heavy (non-hydrogen) atoms. The molecule has 2 saturated carbocycles. The molecule has 0 spiro atoms. The molecule has 2 aliphatic carbocycles. The van der Waals surface area contributed by atoms with Crippen molar-refractivity contribution in [3.8, 4) is 0 Å². The zero-order valence-corrected chi connectivity index (χ0v) is 13.2. The molecule has 0 aliphatic heterocycles. The van der Waals surface area contributed by atoms with Crippen molar-refractivity contribution >= 4 is 14.0 Å². The molecule has 0 N–H and O–H groups in total. The Morgan fingerprint density at radius 1 is 1.22 bits per heavy atom. The van der Waals surface area contributed by atoms with Gasteiger partial charge in [0.1, 0.15) is 0 Å². The van der Waals surface area contributed by atoms with Crippen LogP contribution in [0.5, 0.6) is 0 Å². The number of hydrogen-bond donors (Lipinski definition) is 0. The maximum Gasteiger partial charge on any atom is 0.306 e. The average Bonchev–Trinajstić information content (AvgIpc) is 2.24. The Bertz CT molecular complexity index is 295. The second kappa shape index (κ2) is 5.77. The van der Waals surface area contributed by atoms with Crippen LogP contribution in [0, 0.1) is 17.8 Å². The van der Waals surface area contributed by atoms with Gasteiger partial charge in [-0.2, -0.15) is 0 Å². The predicted octanol–water partition coefficient (Wildman–Crippen LogP) is 4.08. The Morgan fingerprint density at radius 2 is 1.94 bits per heavy atom. The van der Waals surface area contributed by atoms with E-state index in [0.29, 0.717) is 18.9 Å². The zero-order valence-electron chi connectivity index (χ0n) is 12.2. The molecule has 0 heterocycles. The first-order valence-corrected chi connectivity index (χ1v) is 11.3. The molecule has 2 rings (SSSR count). The van der Waals surface area contributed by atoms with Gasteiger partial charge in [-0.15, -0.1) is 0 Å². The summed E-state index contributed by atoms with van der Waals surface area (Å²) in [7, 11) is -1.06. The number of esters is 1. The van der Waals surface area contributed by atoms with Crippen LogP contribution in [0.1, 0.15) is 38.5 Å². The van der Waals surface area contributed by atoms with Gasteiger partial charge in [-0.25, -0.2) is 0 Å². The number of ether oxygens (including phenoxy) is 1. The lowest BCUT2D eigenvalue weighted by Gasteiger charge is -2.47. The van der Waals surface area contributed by atoms with Gasteiger partial charge in [-0.1, -0.05) is 38.9 Å². The van der Waals surface area contributed by atoms with E-state index in [-0.39, 0.29) is 5.97 Å². The SMILES string of the molecule is C[Si](C)(C)CCOC(=O)C[C@@H]1C[C@H]2CCCC[C@H]21. The monoisotopic (exact) mass is 268 g/mol. The van der Waals surface area contributed by atoms with E-state index in [2.05, 4.69) is 19.6 Å². The van der Waals surface area contributed by atoms with Crippen molar-refractivity contribution in [1.29, 1.82) is 0 Å². The van der Waals surface area contributed by atoms with Gasteiger partial charge in [-0.05, 0) is 36.6 Å². The zero-order chi connectivity index (χ0) is 13.2. The highest BCUT2D eigenvalue weighted by molar-refractivity contribution is 6.76. The van der Waals surface area contributed by atoms with Gasteiger partial charge in [-0.3, -0.25) is 4.79 Å². The van der Waals surface area contributed by atoms with E-state index >= 15 is 0 Å². The summed E-state index contributed by atoms with van der Waals surface area (Å²) >= 11 is 0. The van der Waals surface area contributed by atoms with Gasteiger partial charge in [0.15, 0.2) is 0 Å². The minimum absolute atomic E-state index is 0.0577. The lowest BCUT2D eigenvalue weighted by molar-refractivity contribution is -0.147. The van der Waals surface area contributed by atoms with Crippen LogP contribution in [-0.4, -0.2) is 20.7 Å². The van der Waals surface area contributed by atoms with Crippen molar-refractivity contribution in [1.82, 2.24) is 0 Å². The predicted molar refractivity (Wildman–Crippen MR) is 77.3 cm³/mol. The molecule has 0 bridgehead atoms. The third-order valence-corrected chi connectivity index (χ3v) is 6.43. The van der Waals surface area contributed by atoms with E-state index in [9.17, 15) is 4.79 Å². The van der Waals surface area contributed by atoms with Crippen LogP contribution in [0.4, 0.5) is 0 Å². The highest BCUT2D eigenvalue weighted by atomic mass is 28.3. The van der Waals surface area contributed by atoms with Crippen LogP contribution in [-0.2, 0) is 9.53 Å². The molecule has 2 fully saturated rings. The third-order valence-electron chi connectivity index (χ3n) is 4.72. The second-order valence-corrected chi connectivity index (χ2v) is 13.1. The molecule has 3 heteroatoms. The molecule has 0 aromatic heterocycles. The summed E-state index contributed by atoms with van der Waals surface area (Å²) in [5.74, 6) is 2.50. The van der Waals surface area contributed by atoms with E-state index in [4.69, 9.17) is 4.74 Å². The number of rotatable bonds is 5. The summed E-state index contributed by atoms with van der Waals surface area (Å²) in [5, 5.41) is 0. The molecular weight excluding hydrogens is 240 g/mol. The fraction of sp³-hybridized carbons (Fsp3) is 0.933. The molecule has 0 aromatic rings. The Hall–Kier alpha value is -0.313. The van der Waals surface area contributed by atoms with Crippen molar-refractivity contribution in [2.24, 2.45) is 17.8 Å². The molecule has 0 saturated heterocycles. The Labute approximate surface area is 112 Å². The van der Waals surface area contributed by atoms with Gasteiger partial charge < -0.3 is 4.74 Å². The number of hydrogen-bond acceptors (Lipinski definition) is 2. The second-order valence-electron chi connectivity index (χ2n) is 7.44. The number of carbonyl (C=O) groups is 1. The maximum absolute atomic E-state index is 11.8. The minimum atomic E-state index is -1.06. The topological polar surface area (TPSA) is 26.3 Å². The van der Waals surface area contributed by atoms with Crippen molar-refractivity contribution in [2.45, 2.75) is 64.2 Å². The van der Waals surface area contributed by atoms with Crippen molar-refractivity contribution in [3.63, 3.8) is 0 Å². The molecule has 0 amide bonds. The van der Waals surface area contributed by atoms with Crippen LogP contribution >= 0.6 is 0 Å². The maximum atomic E-state index is 11.8. The van der Waals surface area contributed by atoms with E-state index in [1.165, 1.54) is 32.1 Å². The van der Waals surface area contributed by atoms with Gasteiger partial charge >= 0.3 is 5.97 Å². The molecule has 104 valence electrons. The molecule has 2 aliphatic rings. The van der Waals surface area contributed by atoms with Crippen LogP contribution in [0.2, 0.25) is 25.7 Å². The highest BCUT2D eigenvalue weighted by Crippen LogP contribution is 2.50. The first kappa shape index (κ1) is 14.1. The van der Waals surface area contributed by atoms with E-state index < -0.39 is 8.07 Å². The average molecular weight is 268 g/mol. The van der Waals surface area contributed by atoms with Crippen LogP contribution in [0.25, 0.3) is 0 Å². The number of carbonyl (C=O) groups excluding carboxylic acids is 1. The van der Waals surface area contributed by atoms with E-state index in [0.717, 1.165) is 17.9 Å². The molecule has 0 unspecified atom stereocenters. The Balaban J connectivity index is 1.63. The largest absolute Gasteiger partial charge is 0.466 e. The van der Waals surface area contributed by atoms with Crippen LogP contribution in [0.3, 0.4) is 0 Å². The van der Waals surface area contributed by atoms with Gasteiger partial charge in [0.25, 0.3) is 0 Å². The van der Waals surface area contributed by atoms with Crippen LogP contribution in [0.15, 0.2) is 0 Å². The molecule has 2 nitrogen and oxygen atoms in total. The highest BCUT2D eigenvalue weighted by Gasteiger charge is 2.42. The van der Waals surface area contributed by atoms with E-state index in [1.54, 1.807) is 0 Å². The lowest BCUT2D eigenvalue weighted by Crippen LogP contribution is -2.40. The summed E-state index contributed by atoms with van der Waals surface area (Å²) in [5.41, 5.74) is 0. The first-order chi connectivity index (χ1) is 8.46. The van der Waals surface area contributed by atoms with Gasteiger partial charge in [0.05, 0.1) is 6.61 Å². The van der Waals surface area contributed by atoms with Crippen molar-refractivity contribution < 1.29 is 9.53 Å². The van der Waals surface area contributed by atoms with Gasteiger partial charge in [0.2, 0.25) is 0 Å². The Kier molecular flexibility index (Phi) is 4.52. The van der Waals surface area contributed by atoms with Crippen molar-refractivity contribution in [3.05, 3.63) is 0 Å². The fourth-order valence-corrected chi connectivity index (χ4v) is 4.21. The Morgan fingerprint density at radius 3 is 2.61 bits per heavy atom. The number of fused-ring (bicyclic) bond motifs is 1. The lowest BCUT2D eigenvalue weighted by atomic mass is 9.58. The first-order valence-electron chi connectivity index (χ1n) is 7.61. The van der Waals surface area contributed by atoms with E-state index in [1.807, 2.05) is 0 Å². The fourth-order valence-electron chi connectivity index (χ4n) is 3.50. The normalized spacial score (nSPS) is 31.4. The quantitative estimate of drug-likeness (QED) is 0.554. The van der Waals surface area contributed by atoms with Crippen molar-refractivity contribution in [2.75, 3.05) is 6.61 Å². The minimum Gasteiger partial charge on any atom is -0.466 e. The summed E-state index contributed by atoms with van der Waals surface area (Å²) in [6.45, 7) is 7.60. The molecule has 3 atom stereocenters. The molecule has 0 radical (unpaired) electrons. The molecular formula is C15H28O2Si. The standard InChI is InChI=1S/C15H28O2Si/c1-18(2,3)9-8-17-15(16)11-13-10-12-6-4-5-7-14(12)13/h12-14H,4-11H2,1-3H3/t12-,13+,14-/m1/s1. The summed E-state index contributed by atoms with van der Waals surface area (Å²) in [6, 6.07) is 1.09. The third kappa shape index (κ3) is 3.84. The van der Waals surface area contributed by atoms with Gasteiger partial charge in [0, 0.05) is 14.5 Å². The molecule has 0 aromatic carbocycles. The summed E-state index contributed by atoms with van der Waals surface area (Å²) < 4.78 is 5.40. The van der Waals surface area contributed by atoms with Crippen LogP contribution < -0.4 is 0 Å². The summed E-state index contributed by atoms with van der Waals surface area (Å²) in [6.07, 6.45) is 7.53. The smallest absolute Gasteiger partial charge is 0.306 e. The summed E-state index contributed by atoms with van der Waals surface area (Å²) in [4.78, 5) is 11.8.